The van der Waals surface area contributed by atoms with Gasteiger partial charge < -0.3 is 15.0 Å². The summed E-state index contributed by atoms with van der Waals surface area (Å²) in [5.41, 5.74) is 0. The second-order valence-corrected chi connectivity index (χ2v) is 3.39. The predicted molar refractivity (Wildman–Crippen MR) is 50.5 cm³/mol. The minimum Gasteiger partial charge on any atom is -0.370 e. The number of nitrogens with one attached hydrogen (secondary N) is 1. The Labute approximate surface area is 79.2 Å². The molecule has 0 aliphatic heterocycles. The topological polar surface area (TPSA) is 41.6 Å². The van der Waals surface area contributed by atoms with Crippen LogP contribution in [0.2, 0.25) is 0 Å². The molecule has 1 amide bonds. The van der Waals surface area contributed by atoms with Crippen LogP contribution in [0.25, 0.3) is 0 Å². The summed E-state index contributed by atoms with van der Waals surface area (Å²) in [6.45, 7) is 1.61. The van der Waals surface area contributed by atoms with Crippen molar-refractivity contribution in [2.75, 3.05) is 33.9 Å². The van der Waals surface area contributed by atoms with Crippen LogP contribution in [0.15, 0.2) is 0 Å². The molecule has 1 aliphatic rings. The molecular formula is C9H18N2O2. The highest BCUT2D eigenvalue weighted by Crippen LogP contribution is 2.25. The minimum atomic E-state index is 0.0959. The average Bonchev–Trinajstić information content (AvgIpc) is 2.94. The van der Waals surface area contributed by atoms with E-state index in [-0.39, 0.29) is 12.5 Å². The van der Waals surface area contributed by atoms with Gasteiger partial charge in [-0.1, -0.05) is 0 Å². The van der Waals surface area contributed by atoms with Crippen LogP contribution in [0.4, 0.5) is 0 Å². The summed E-state index contributed by atoms with van der Waals surface area (Å²) in [5.74, 6) is 0.0959. The number of carbonyl (C=O) groups is 1. The third-order valence-corrected chi connectivity index (χ3v) is 2.21. The van der Waals surface area contributed by atoms with Gasteiger partial charge in [-0.05, 0) is 19.9 Å². The molecule has 0 heterocycles. The quantitative estimate of drug-likeness (QED) is 0.586. The molecular weight excluding hydrogens is 168 g/mol. The molecule has 0 atom stereocenters. The zero-order valence-electron chi connectivity index (χ0n) is 8.38. The van der Waals surface area contributed by atoms with Crippen molar-refractivity contribution in [1.29, 1.82) is 0 Å². The van der Waals surface area contributed by atoms with E-state index in [4.69, 9.17) is 4.74 Å². The number of amides is 1. The highest BCUT2D eigenvalue weighted by atomic mass is 16.5. The maximum Gasteiger partial charge on any atom is 0.248 e. The molecule has 0 radical (unpaired) electrons. The van der Waals surface area contributed by atoms with Gasteiger partial charge in [-0.3, -0.25) is 4.79 Å². The van der Waals surface area contributed by atoms with Gasteiger partial charge in [0.05, 0.1) is 6.61 Å². The van der Waals surface area contributed by atoms with E-state index in [0.717, 1.165) is 19.4 Å². The molecule has 0 saturated heterocycles. The zero-order valence-corrected chi connectivity index (χ0v) is 8.38. The lowest BCUT2D eigenvalue weighted by Gasteiger charge is -2.15. The lowest BCUT2D eigenvalue weighted by Crippen LogP contribution is -2.32. The maximum atomic E-state index is 11.4. The minimum absolute atomic E-state index is 0.0959. The van der Waals surface area contributed by atoms with E-state index in [9.17, 15) is 4.79 Å². The van der Waals surface area contributed by atoms with Gasteiger partial charge in [0.2, 0.25) is 5.91 Å². The van der Waals surface area contributed by atoms with Gasteiger partial charge in [-0.2, -0.15) is 0 Å². The summed E-state index contributed by atoms with van der Waals surface area (Å²) in [6, 6.07) is 0.486. The summed E-state index contributed by atoms with van der Waals surface area (Å²) in [7, 11) is 3.71. The molecule has 1 fully saturated rings. The van der Waals surface area contributed by atoms with Crippen molar-refractivity contribution in [1.82, 2.24) is 10.2 Å². The van der Waals surface area contributed by atoms with Gasteiger partial charge in [-0.15, -0.1) is 0 Å². The Morgan fingerprint density at radius 2 is 2.31 bits per heavy atom. The number of ether oxygens (including phenoxy) is 1. The van der Waals surface area contributed by atoms with Gasteiger partial charge in [0.1, 0.15) is 6.61 Å². The van der Waals surface area contributed by atoms with Gasteiger partial charge in [0, 0.05) is 19.6 Å². The van der Waals surface area contributed by atoms with Crippen LogP contribution in [0, 0.1) is 0 Å². The Balaban J connectivity index is 2.02. The largest absolute Gasteiger partial charge is 0.370 e. The fourth-order valence-corrected chi connectivity index (χ4v) is 1.10. The molecule has 0 unspecified atom stereocenters. The molecule has 0 bridgehead atoms. The first-order valence-electron chi connectivity index (χ1n) is 4.73. The summed E-state index contributed by atoms with van der Waals surface area (Å²) in [4.78, 5) is 13.2. The van der Waals surface area contributed by atoms with E-state index in [0.29, 0.717) is 12.6 Å². The fraction of sp³-hybridized carbons (Fsp3) is 0.889. The standard InChI is InChI=1S/C9H18N2O2/c1-10-5-6-13-7-9(12)11(2)8-3-4-8/h8,10H,3-7H2,1-2H3. The Hall–Kier alpha value is -0.610. The van der Waals surface area contributed by atoms with Crippen molar-refractivity contribution in [2.45, 2.75) is 18.9 Å². The molecule has 1 saturated carbocycles. The molecule has 0 spiro atoms. The van der Waals surface area contributed by atoms with E-state index in [1.165, 1.54) is 0 Å². The predicted octanol–water partition coefficient (Wildman–Crippen LogP) is -0.157. The van der Waals surface area contributed by atoms with Crippen molar-refractivity contribution >= 4 is 5.91 Å². The summed E-state index contributed by atoms with van der Waals surface area (Å²) >= 11 is 0. The van der Waals surface area contributed by atoms with Crippen LogP contribution in [-0.4, -0.2) is 50.7 Å². The third-order valence-electron chi connectivity index (χ3n) is 2.21. The lowest BCUT2D eigenvalue weighted by atomic mass is 10.5. The van der Waals surface area contributed by atoms with Gasteiger partial charge in [-0.25, -0.2) is 0 Å². The van der Waals surface area contributed by atoms with Crippen LogP contribution in [-0.2, 0) is 9.53 Å². The molecule has 1 aliphatic carbocycles. The second kappa shape index (κ2) is 5.19. The molecule has 4 nitrogen and oxygen atoms in total. The van der Waals surface area contributed by atoms with Crippen LogP contribution in [0.1, 0.15) is 12.8 Å². The molecule has 1 rings (SSSR count). The Morgan fingerprint density at radius 3 is 2.85 bits per heavy atom. The Bertz CT molecular complexity index is 169. The Morgan fingerprint density at radius 1 is 1.62 bits per heavy atom. The van der Waals surface area contributed by atoms with Crippen LogP contribution in [0.5, 0.6) is 0 Å². The summed E-state index contributed by atoms with van der Waals surface area (Å²) in [6.07, 6.45) is 2.30. The monoisotopic (exact) mass is 186 g/mol. The summed E-state index contributed by atoms with van der Waals surface area (Å²) < 4.78 is 5.18. The van der Waals surface area contributed by atoms with Gasteiger partial charge in [0.25, 0.3) is 0 Å². The molecule has 1 N–H and O–H groups in total. The van der Waals surface area contributed by atoms with Gasteiger partial charge >= 0.3 is 0 Å². The van der Waals surface area contributed by atoms with Crippen molar-refractivity contribution < 1.29 is 9.53 Å². The molecule has 0 aromatic rings. The van der Waals surface area contributed by atoms with Crippen molar-refractivity contribution in [2.24, 2.45) is 0 Å². The number of likely N-dealkylation sites (N-methyl/N-ethyl adjacent to an activating group) is 2. The van der Waals surface area contributed by atoms with Crippen LogP contribution >= 0.6 is 0 Å². The maximum absolute atomic E-state index is 11.4. The van der Waals surface area contributed by atoms with E-state index < -0.39 is 0 Å². The smallest absolute Gasteiger partial charge is 0.248 e. The second-order valence-electron chi connectivity index (χ2n) is 3.39. The van der Waals surface area contributed by atoms with E-state index >= 15 is 0 Å². The van der Waals surface area contributed by atoms with Crippen molar-refractivity contribution in [3.8, 4) is 0 Å². The van der Waals surface area contributed by atoms with Crippen LogP contribution < -0.4 is 5.32 Å². The molecule has 0 aromatic carbocycles. The van der Waals surface area contributed by atoms with Gasteiger partial charge in [0.15, 0.2) is 0 Å². The van der Waals surface area contributed by atoms with E-state index in [1.807, 2.05) is 14.1 Å². The third kappa shape index (κ3) is 3.74. The highest BCUT2D eigenvalue weighted by molar-refractivity contribution is 5.77. The molecule has 0 aromatic heterocycles. The van der Waals surface area contributed by atoms with E-state index in [2.05, 4.69) is 5.32 Å². The lowest BCUT2D eigenvalue weighted by molar-refractivity contribution is -0.135. The Kier molecular flexibility index (Phi) is 4.18. The molecule has 4 heteroatoms. The number of hydrogen-bond acceptors (Lipinski definition) is 3. The normalized spacial score (nSPS) is 15.8. The number of rotatable bonds is 6. The van der Waals surface area contributed by atoms with Crippen molar-refractivity contribution in [3.05, 3.63) is 0 Å². The average molecular weight is 186 g/mol. The highest BCUT2D eigenvalue weighted by Gasteiger charge is 2.29. The first-order chi connectivity index (χ1) is 6.25. The fourth-order valence-electron chi connectivity index (χ4n) is 1.10. The van der Waals surface area contributed by atoms with Crippen LogP contribution in [0.3, 0.4) is 0 Å². The number of carbonyl (C=O) groups excluding carboxylic acids is 1. The van der Waals surface area contributed by atoms with E-state index in [1.54, 1.807) is 4.90 Å². The number of hydrogen-bond donors (Lipinski definition) is 1. The molecule has 13 heavy (non-hydrogen) atoms. The number of nitrogens with zero attached hydrogens (tertiary/aromatic N) is 1. The molecule has 76 valence electrons. The first-order valence-corrected chi connectivity index (χ1v) is 4.73. The summed E-state index contributed by atoms with van der Waals surface area (Å²) in [5, 5.41) is 2.96. The van der Waals surface area contributed by atoms with Crippen molar-refractivity contribution in [3.63, 3.8) is 0 Å². The zero-order chi connectivity index (χ0) is 9.68. The first kappa shape index (κ1) is 10.5. The SMILES string of the molecule is CNCCOCC(=O)N(C)C1CC1.